The number of carbonyl (C=O) groups is 1. The monoisotopic (exact) mass is 641 g/mol. The SMILES string of the molecule is CN[C@@H]1[C@@H](O)[C@@H](O[C@H]2[C@H](NC(=O)C3(O)CC(NC(=N)N)C3)C[C@H](N)C([C@H]3OC(CN)=CC[C@H]3NC3CNC3)[C@@H]2O)OC[C@]1(C)O. The predicted octanol–water partition coefficient (Wildman–Crippen LogP) is -5.44. The Labute approximate surface area is 262 Å². The van der Waals surface area contributed by atoms with Crippen LogP contribution in [0.25, 0.3) is 0 Å². The minimum Gasteiger partial charge on any atom is -0.492 e. The summed E-state index contributed by atoms with van der Waals surface area (Å²) in [6, 6.07) is -2.66. The van der Waals surface area contributed by atoms with Gasteiger partial charge in [-0.3, -0.25) is 10.2 Å². The minimum absolute atomic E-state index is 0.0325. The first-order valence-electron chi connectivity index (χ1n) is 15.7. The van der Waals surface area contributed by atoms with Gasteiger partial charge in [-0.1, -0.05) is 0 Å². The molecule has 3 heterocycles. The maximum atomic E-state index is 13.4. The molecule has 11 atom stereocenters. The highest BCUT2D eigenvalue weighted by Crippen LogP contribution is 2.38. The van der Waals surface area contributed by atoms with E-state index in [1.807, 2.05) is 6.08 Å². The summed E-state index contributed by atoms with van der Waals surface area (Å²) in [5, 5.41) is 67.6. The van der Waals surface area contributed by atoms with Crippen LogP contribution in [0.5, 0.6) is 0 Å². The first-order chi connectivity index (χ1) is 21.3. The zero-order valence-corrected chi connectivity index (χ0v) is 25.8. The van der Waals surface area contributed by atoms with E-state index in [4.69, 9.17) is 36.8 Å². The van der Waals surface area contributed by atoms with Gasteiger partial charge in [-0.2, -0.15) is 0 Å². The predicted molar refractivity (Wildman–Crippen MR) is 161 cm³/mol. The summed E-state index contributed by atoms with van der Waals surface area (Å²) >= 11 is 0. The van der Waals surface area contributed by atoms with E-state index >= 15 is 0 Å². The molecule has 1 unspecified atom stereocenters. The zero-order chi connectivity index (χ0) is 32.7. The number of likely N-dealkylation sites (N-methyl/N-ethyl adjacent to an activating group) is 1. The second kappa shape index (κ2) is 13.5. The summed E-state index contributed by atoms with van der Waals surface area (Å²) in [5.74, 6) is -1.03. The van der Waals surface area contributed by atoms with Gasteiger partial charge in [0.15, 0.2) is 12.2 Å². The van der Waals surface area contributed by atoms with Crippen LogP contribution in [0, 0.1) is 11.3 Å². The van der Waals surface area contributed by atoms with Crippen molar-refractivity contribution in [2.45, 2.75) is 111 Å². The van der Waals surface area contributed by atoms with Crippen molar-refractivity contribution in [3.05, 3.63) is 11.8 Å². The fourth-order valence-corrected chi connectivity index (χ4v) is 7.38. The molecule has 17 heteroatoms. The molecule has 1 amide bonds. The summed E-state index contributed by atoms with van der Waals surface area (Å²) in [7, 11) is 1.60. The van der Waals surface area contributed by atoms with Crippen molar-refractivity contribution in [2.24, 2.45) is 23.1 Å². The molecule has 2 saturated carbocycles. The molecule has 17 nitrogen and oxygen atoms in total. The fourth-order valence-electron chi connectivity index (χ4n) is 7.38. The average Bonchev–Trinajstić information content (AvgIpc) is 2.93. The van der Waals surface area contributed by atoms with E-state index in [-0.39, 0.29) is 56.5 Å². The highest BCUT2D eigenvalue weighted by Gasteiger charge is 2.56. The quantitative estimate of drug-likeness (QED) is 0.0782. The van der Waals surface area contributed by atoms with Gasteiger partial charge in [0.2, 0.25) is 0 Å². The van der Waals surface area contributed by atoms with Crippen molar-refractivity contribution in [1.29, 1.82) is 5.41 Å². The third kappa shape index (κ3) is 7.08. The van der Waals surface area contributed by atoms with E-state index in [0.717, 1.165) is 13.1 Å². The minimum atomic E-state index is -1.72. The Morgan fingerprint density at radius 1 is 1.18 bits per heavy atom. The number of rotatable bonds is 10. The van der Waals surface area contributed by atoms with Crippen molar-refractivity contribution < 1.29 is 39.4 Å². The molecule has 16 N–H and O–H groups in total. The third-order valence-electron chi connectivity index (χ3n) is 9.94. The van der Waals surface area contributed by atoms with Crippen molar-refractivity contribution >= 4 is 11.9 Å². The molecule has 0 radical (unpaired) electrons. The van der Waals surface area contributed by atoms with Gasteiger partial charge in [0.05, 0.1) is 31.3 Å². The Hall–Kier alpha value is -2.16. The number of nitrogens with one attached hydrogen (secondary N) is 6. The van der Waals surface area contributed by atoms with Crippen LogP contribution >= 0.6 is 0 Å². The second-order valence-electron chi connectivity index (χ2n) is 13.5. The number of aliphatic hydroxyl groups excluding tert-OH is 2. The van der Waals surface area contributed by atoms with E-state index in [0.29, 0.717) is 12.2 Å². The number of amides is 1. The van der Waals surface area contributed by atoms with E-state index < -0.39 is 71.9 Å². The molecule has 4 fully saturated rings. The molecular formula is C28H51N9O8. The van der Waals surface area contributed by atoms with Crippen molar-refractivity contribution in [3.8, 4) is 0 Å². The van der Waals surface area contributed by atoms with Crippen LogP contribution in [0.2, 0.25) is 0 Å². The zero-order valence-electron chi connectivity index (χ0n) is 25.8. The normalized spacial score (nSPS) is 45.3. The lowest BCUT2D eigenvalue weighted by molar-refractivity contribution is -0.297. The maximum Gasteiger partial charge on any atom is 0.252 e. The molecule has 0 aromatic heterocycles. The molecule has 256 valence electrons. The van der Waals surface area contributed by atoms with Gasteiger partial charge in [0, 0.05) is 56.0 Å². The smallest absolute Gasteiger partial charge is 0.252 e. The Morgan fingerprint density at radius 2 is 1.89 bits per heavy atom. The van der Waals surface area contributed by atoms with Crippen molar-refractivity contribution in [3.63, 3.8) is 0 Å². The van der Waals surface area contributed by atoms with E-state index in [9.17, 15) is 25.2 Å². The molecule has 0 spiro atoms. The Balaban J connectivity index is 1.38. The van der Waals surface area contributed by atoms with E-state index in [1.165, 1.54) is 6.92 Å². The molecule has 0 aromatic carbocycles. The van der Waals surface area contributed by atoms with Gasteiger partial charge in [-0.25, -0.2) is 0 Å². The first kappa shape index (κ1) is 34.2. The standard InChI is InChI=1S/C28H51N9O8/c1-27(41)11-43-24(20(39)23(27)33-2)45-22-17(37-25(40)28(42)6-12(7-28)36-26(31)32)5-15(30)18(19(22)38)21-16(35-13-9-34-10-13)4-3-14(8-29)44-21/h3,12-13,15-24,33-35,38-39,41-42H,4-11,29-30H2,1-2H3,(H,37,40)(H4,31,32,36)/t12?,15-,16+,17+,18?,19-,20+,21-,22-,23+,24+,27-,28?/m0/s1. The van der Waals surface area contributed by atoms with Crippen LogP contribution in [0.15, 0.2) is 11.8 Å². The first-order valence-corrected chi connectivity index (χ1v) is 15.7. The van der Waals surface area contributed by atoms with Crippen LogP contribution in [0.1, 0.15) is 32.6 Å². The molecule has 2 aliphatic carbocycles. The third-order valence-corrected chi connectivity index (χ3v) is 9.94. The molecule has 45 heavy (non-hydrogen) atoms. The van der Waals surface area contributed by atoms with Gasteiger partial charge in [-0.15, -0.1) is 0 Å². The second-order valence-corrected chi connectivity index (χ2v) is 13.5. The number of ether oxygens (including phenoxy) is 3. The summed E-state index contributed by atoms with van der Waals surface area (Å²) in [6.07, 6.45) is -2.87. The highest BCUT2D eigenvalue weighted by molar-refractivity contribution is 5.87. The van der Waals surface area contributed by atoms with Gasteiger partial charge in [-0.05, 0) is 32.9 Å². The lowest BCUT2D eigenvalue weighted by Gasteiger charge is -2.52. The number of aliphatic hydroxyl groups is 4. The Morgan fingerprint density at radius 3 is 2.49 bits per heavy atom. The van der Waals surface area contributed by atoms with Crippen molar-refractivity contribution in [1.82, 2.24) is 26.6 Å². The number of carbonyl (C=O) groups excluding carboxylic acids is 1. The molecule has 0 bridgehead atoms. The van der Waals surface area contributed by atoms with Crippen LogP contribution < -0.4 is 43.8 Å². The van der Waals surface area contributed by atoms with Gasteiger partial charge in [0.25, 0.3) is 5.91 Å². The summed E-state index contributed by atoms with van der Waals surface area (Å²) in [6.45, 7) is 3.15. The van der Waals surface area contributed by atoms with Crippen LogP contribution in [0.3, 0.4) is 0 Å². The van der Waals surface area contributed by atoms with E-state index in [2.05, 4.69) is 26.6 Å². The molecule has 5 rings (SSSR count). The number of hydrogen-bond acceptors (Lipinski definition) is 14. The largest absolute Gasteiger partial charge is 0.492 e. The van der Waals surface area contributed by atoms with Crippen LogP contribution in [0.4, 0.5) is 0 Å². The van der Waals surface area contributed by atoms with Gasteiger partial charge >= 0.3 is 0 Å². The lowest BCUT2D eigenvalue weighted by Crippen LogP contribution is -2.71. The average molecular weight is 642 g/mol. The lowest BCUT2D eigenvalue weighted by atomic mass is 9.71. The molecule has 2 saturated heterocycles. The molecular weight excluding hydrogens is 590 g/mol. The van der Waals surface area contributed by atoms with E-state index in [1.54, 1.807) is 7.05 Å². The summed E-state index contributed by atoms with van der Waals surface area (Å²) in [5.41, 5.74) is 15.0. The highest BCUT2D eigenvalue weighted by atomic mass is 16.7. The van der Waals surface area contributed by atoms with Crippen LogP contribution in [-0.2, 0) is 19.0 Å². The Kier molecular flexibility index (Phi) is 10.3. The Bertz CT molecular complexity index is 1100. The number of nitrogens with two attached hydrogens (primary N) is 3. The maximum absolute atomic E-state index is 13.4. The van der Waals surface area contributed by atoms with Gasteiger partial charge < -0.3 is 78.4 Å². The topological polar surface area (TPSA) is 288 Å². The summed E-state index contributed by atoms with van der Waals surface area (Å²) in [4.78, 5) is 13.4. The number of hydrogen-bond donors (Lipinski definition) is 13. The number of guanidine groups is 1. The fraction of sp³-hybridized carbons (Fsp3) is 0.857. The van der Waals surface area contributed by atoms with Gasteiger partial charge in [0.1, 0.15) is 35.3 Å². The molecule has 3 aliphatic heterocycles. The van der Waals surface area contributed by atoms with Crippen molar-refractivity contribution in [2.75, 3.05) is 33.3 Å². The molecule has 0 aromatic rings. The molecule has 5 aliphatic rings. The van der Waals surface area contributed by atoms with Crippen LogP contribution in [-0.4, -0.2) is 144 Å². The summed E-state index contributed by atoms with van der Waals surface area (Å²) < 4.78 is 18.4.